The summed E-state index contributed by atoms with van der Waals surface area (Å²) in [6.45, 7) is 0. The molecule has 2 aromatic carbocycles. The Morgan fingerprint density at radius 1 is 1.09 bits per heavy atom. The number of benzene rings is 2. The smallest absolute Gasteiger partial charge is 0.346 e. The molecule has 0 aliphatic heterocycles. The Labute approximate surface area is 136 Å². The minimum absolute atomic E-state index is 0.315. The van der Waals surface area contributed by atoms with Gasteiger partial charge in [-0.25, -0.2) is 9.78 Å². The summed E-state index contributed by atoms with van der Waals surface area (Å²) < 4.78 is 5.55. The maximum Gasteiger partial charge on any atom is 0.346 e. The Bertz CT molecular complexity index is 1110. The first-order valence-corrected chi connectivity index (χ1v) is 8.59. The van der Waals surface area contributed by atoms with Crippen LogP contribution in [0.3, 0.4) is 0 Å². The fourth-order valence-corrected chi connectivity index (χ4v) is 3.90. The minimum Gasteiger partial charge on any atom is -0.422 e. The quantitative estimate of drug-likeness (QED) is 0.388. The van der Waals surface area contributed by atoms with E-state index < -0.39 is 0 Å². The lowest BCUT2D eigenvalue weighted by Gasteiger charge is -2.04. The summed E-state index contributed by atoms with van der Waals surface area (Å²) in [7, 11) is 0. The summed E-state index contributed by atoms with van der Waals surface area (Å²) in [5, 5.41) is 6.02. The van der Waals surface area contributed by atoms with E-state index >= 15 is 0 Å². The fourth-order valence-electron chi connectivity index (χ4n) is 3.00. The molecule has 1 saturated carbocycles. The first kappa shape index (κ1) is 13.0. The maximum atomic E-state index is 12.4. The van der Waals surface area contributed by atoms with Crippen molar-refractivity contribution in [2.45, 2.75) is 18.8 Å². The van der Waals surface area contributed by atoms with Gasteiger partial charge in [0.05, 0.1) is 11.3 Å². The van der Waals surface area contributed by atoms with Crippen molar-refractivity contribution in [2.75, 3.05) is 0 Å². The van der Waals surface area contributed by atoms with Crippen molar-refractivity contribution in [3.05, 3.63) is 64.0 Å². The van der Waals surface area contributed by atoms with E-state index in [0.717, 1.165) is 26.9 Å². The zero-order chi connectivity index (χ0) is 15.4. The molecule has 2 heterocycles. The third-order valence-corrected chi connectivity index (χ3v) is 5.28. The lowest BCUT2D eigenvalue weighted by molar-refractivity contribution is 0.564. The van der Waals surface area contributed by atoms with Crippen molar-refractivity contribution in [1.29, 1.82) is 0 Å². The molecule has 1 fully saturated rings. The predicted octanol–water partition coefficient (Wildman–Crippen LogP) is 4.95. The number of thiazole rings is 1. The van der Waals surface area contributed by atoms with Crippen LogP contribution in [-0.4, -0.2) is 4.98 Å². The van der Waals surface area contributed by atoms with Crippen molar-refractivity contribution in [2.24, 2.45) is 0 Å². The zero-order valence-corrected chi connectivity index (χ0v) is 13.1. The summed E-state index contributed by atoms with van der Waals surface area (Å²) in [6, 6.07) is 13.9. The first-order chi connectivity index (χ1) is 11.3. The molecule has 0 spiro atoms. The van der Waals surface area contributed by atoms with Gasteiger partial charge in [0.1, 0.15) is 10.6 Å². The molecule has 5 rings (SSSR count). The Morgan fingerprint density at radius 3 is 2.83 bits per heavy atom. The van der Waals surface area contributed by atoms with Crippen LogP contribution >= 0.6 is 11.3 Å². The molecule has 0 saturated heterocycles. The van der Waals surface area contributed by atoms with E-state index in [1.807, 2.05) is 30.3 Å². The Kier molecular flexibility index (Phi) is 2.70. The monoisotopic (exact) mass is 319 g/mol. The van der Waals surface area contributed by atoms with Crippen LogP contribution in [0, 0.1) is 0 Å². The molecule has 0 atom stereocenters. The Hall–Kier alpha value is -2.46. The van der Waals surface area contributed by atoms with E-state index in [-0.39, 0.29) is 5.63 Å². The summed E-state index contributed by atoms with van der Waals surface area (Å²) in [5.41, 5.74) is 1.98. The van der Waals surface area contributed by atoms with E-state index in [0.29, 0.717) is 17.1 Å². The molecular weight excluding hydrogens is 306 g/mol. The summed E-state index contributed by atoms with van der Waals surface area (Å²) in [4.78, 5) is 17.0. The number of fused-ring (bicyclic) bond motifs is 3. The van der Waals surface area contributed by atoms with E-state index in [4.69, 9.17) is 4.42 Å². The molecule has 1 aliphatic rings. The second-order valence-corrected chi connectivity index (χ2v) is 6.86. The molecule has 0 N–H and O–H groups in total. The number of hydrogen-bond acceptors (Lipinski definition) is 4. The van der Waals surface area contributed by atoms with Gasteiger partial charge in [-0.05, 0) is 35.7 Å². The van der Waals surface area contributed by atoms with Crippen LogP contribution in [0.4, 0.5) is 0 Å². The molecule has 4 heteroatoms. The van der Waals surface area contributed by atoms with Crippen molar-refractivity contribution >= 4 is 33.1 Å². The SMILES string of the molecule is O=c1oc2ccc3ccccc3c2cc1-c1nc(C2CC2)cs1. The maximum absolute atomic E-state index is 12.4. The Morgan fingerprint density at radius 2 is 1.96 bits per heavy atom. The summed E-state index contributed by atoms with van der Waals surface area (Å²) >= 11 is 1.53. The highest BCUT2D eigenvalue weighted by Crippen LogP contribution is 2.41. The van der Waals surface area contributed by atoms with Gasteiger partial charge < -0.3 is 4.42 Å². The third kappa shape index (κ3) is 2.10. The van der Waals surface area contributed by atoms with Gasteiger partial charge in [-0.3, -0.25) is 0 Å². The normalized spacial score (nSPS) is 14.6. The second kappa shape index (κ2) is 4.77. The average Bonchev–Trinajstić information content (AvgIpc) is 3.32. The van der Waals surface area contributed by atoms with Gasteiger partial charge in [0, 0.05) is 16.7 Å². The molecule has 23 heavy (non-hydrogen) atoms. The lowest BCUT2D eigenvalue weighted by atomic mass is 10.0. The highest BCUT2D eigenvalue weighted by molar-refractivity contribution is 7.13. The molecule has 112 valence electrons. The van der Waals surface area contributed by atoms with Crippen LogP contribution in [-0.2, 0) is 0 Å². The van der Waals surface area contributed by atoms with Gasteiger partial charge in [-0.2, -0.15) is 0 Å². The molecule has 0 radical (unpaired) electrons. The summed E-state index contributed by atoms with van der Waals surface area (Å²) in [5.74, 6) is 0.591. The summed E-state index contributed by atoms with van der Waals surface area (Å²) in [6.07, 6.45) is 2.42. The standard InChI is InChI=1S/C19H13NO2S/c21-19-15(18-20-16(10-23-18)12-5-6-12)9-14-13-4-2-1-3-11(13)7-8-17(14)22-19/h1-4,7-10,12H,5-6H2. The van der Waals surface area contributed by atoms with Crippen molar-refractivity contribution in [1.82, 2.24) is 4.98 Å². The van der Waals surface area contributed by atoms with Crippen LogP contribution in [0.5, 0.6) is 0 Å². The second-order valence-electron chi connectivity index (χ2n) is 6.00. The third-order valence-electron chi connectivity index (χ3n) is 4.39. The van der Waals surface area contributed by atoms with Gasteiger partial charge in [0.15, 0.2) is 0 Å². The largest absolute Gasteiger partial charge is 0.422 e. The van der Waals surface area contributed by atoms with E-state index in [2.05, 4.69) is 22.5 Å². The molecule has 3 nitrogen and oxygen atoms in total. The minimum atomic E-state index is -0.315. The van der Waals surface area contributed by atoms with Gasteiger partial charge in [0.25, 0.3) is 0 Å². The Balaban J connectivity index is 1.78. The van der Waals surface area contributed by atoms with Gasteiger partial charge in [-0.15, -0.1) is 11.3 Å². The topological polar surface area (TPSA) is 43.1 Å². The molecule has 2 aromatic heterocycles. The highest BCUT2D eigenvalue weighted by atomic mass is 32.1. The molecule has 0 bridgehead atoms. The molecular formula is C19H13NO2S. The van der Waals surface area contributed by atoms with Crippen molar-refractivity contribution in [3.8, 4) is 10.6 Å². The van der Waals surface area contributed by atoms with Gasteiger partial charge >= 0.3 is 5.63 Å². The molecule has 4 aromatic rings. The average molecular weight is 319 g/mol. The number of aromatic nitrogens is 1. The number of rotatable bonds is 2. The van der Waals surface area contributed by atoms with Gasteiger partial charge in [0.2, 0.25) is 0 Å². The van der Waals surface area contributed by atoms with Crippen LogP contribution in [0.15, 0.2) is 57.1 Å². The number of hydrogen-bond donors (Lipinski definition) is 0. The van der Waals surface area contributed by atoms with Crippen LogP contribution in [0.2, 0.25) is 0 Å². The van der Waals surface area contributed by atoms with E-state index in [1.165, 1.54) is 24.2 Å². The van der Waals surface area contributed by atoms with Crippen LogP contribution in [0.25, 0.3) is 32.3 Å². The lowest BCUT2D eigenvalue weighted by Crippen LogP contribution is -2.02. The predicted molar refractivity (Wildman–Crippen MR) is 93.1 cm³/mol. The van der Waals surface area contributed by atoms with Gasteiger partial charge in [-0.1, -0.05) is 30.3 Å². The molecule has 0 amide bonds. The highest BCUT2D eigenvalue weighted by Gasteiger charge is 2.26. The van der Waals surface area contributed by atoms with Crippen LogP contribution in [0.1, 0.15) is 24.5 Å². The fraction of sp³-hybridized carbons (Fsp3) is 0.158. The van der Waals surface area contributed by atoms with E-state index in [1.54, 1.807) is 0 Å². The van der Waals surface area contributed by atoms with Crippen molar-refractivity contribution in [3.63, 3.8) is 0 Å². The molecule has 0 unspecified atom stereocenters. The number of nitrogens with zero attached hydrogens (tertiary/aromatic N) is 1. The molecule has 1 aliphatic carbocycles. The van der Waals surface area contributed by atoms with Crippen molar-refractivity contribution < 1.29 is 4.42 Å². The first-order valence-electron chi connectivity index (χ1n) is 7.71. The van der Waals surface area contributed by atoms with E-state index in [9.17, 15) is 4.79 Å². The zero-order valence-electron chi connectivity index (χ0n) is 12.3. The van der Waals surface area contributed by atoms with Crippen LogP contribution < -0.4 is 5.63 Å².